The summed E-state index contributed by atoms with van der Waals surface area (Å²) >= 11 is 0. The fraction of sp³-hybridized carbons (Fsp3) is 0.462. The number of anilines is 4. The van der Waals surface area contributed by atoms with Gasteiger partial charge in [0.05, 0.1) is 24.6 Å². The number of fused-ring (bicyclic) bond motifs is 1. The van der Waals surface area contributed by atoms with Crippen molar-refractivity contribution in [2.45, 2.75) is 44.7 Å². The van der Waals surface area contributed by atoms with Crippen molar-refractivity contribution in [3.05, 3.63) is 48.0 Å². The molecule has 174 valence electrons. The number of nitrogens with one attached hydrogen (secondary N) is 1. The average Bonchev–Trinajstić information content (AvgIpc) is 3.38. The highest BCUT2D eigenvalue weighted by Gasteiger charge is 2.38. The van der Waals surface area contributed by atoms with E-state index in [0.29, 0.717) is 37.9 Å². The van der Waals surface area contributed by atoms with Crippen LogP contribution < -0.4 is 15.1 Å². The Bertz CT molecular complexity index is 1030. The van der Waals surface area contributed by atoms with Crippen molar-refractivity contribution in [1.29, 1.82) is 0 Å². The number of carbonyl (C=O) groups excluding carboxylic acids is 2. The van der Waals surface area contributed by atoms with Crippen LogP contribution in [0.25, 0.3) is 0 Å². The van der Waals surface area contributed by atoms with Gasteiger partial charge in [-0.1, -0.05) is 12.8 Å². The fourth-order valence-corrected chi connectivity index (χ4v) is 5.33. The van der Waals surface area contributed by atoms with Gasteiger partial charge in [0.15, 0.2) is 0 Å². The van der Waals surface area contributed by atoms with Gasteiger partial charge in [0.2, 0.25) is 5.91 Å². The molecular weight excluding hydrogens is 416 g/mol. The highest BCUT2D eigenvalue weighted by atomic mass is 16.5. The second-order valence-electron chi connectivity index (χ2n) is 9.23. The van der Waals surface area contributed by atoms with Crippen LogP contribution in [-0.4, -0.2) is 62.1 Å². The van der Waals surface area contributed by atoms with E-state index in [2.05, 4.69) is 16.3 Å². The monoisotopic (exact) mass is 448 g/mol. The maximum absolute atomic E-state index is 12.9. The van der Waals surface area contributed by atoms with Gasteiger partial charge in [0.1, 0.15) is 6.04 Å². The Balaban J connectivity index is 1.36. The van der Waals surface area contributed by atoms with Gasteiger partial charge < -0.3 is 24.8 Å². The lowest BCUT2D eigenvalue weighted by molar-refractivity contribution is -0.119. The molecule has 3 aliphatic rings. The Kier molecular flexibility index (Phi) is 5.98. The third kappa shape index (κ3) is 4.17. The molecule has 1 N–H and O–H groups in total. The van der Waals surface area contributed by atoms with Gasteiger partial charge in [-0.3, -0.25) is 9.59 Å². The number of hydrogen-bond donors (Lipinski definition) is 1. The van der Waals surface area contributed by atoms with Crippen molar-refractivity contribution in [2.24, 2.45) is 0 Å². The second-order valence-corrected chi connectivity index (χ2v) is 9.23. The molecule has 2 aromatic rings. The normalized spacial score (nSPS) is 21.3. The first kappa shape index (κ1) is 21.8. The van der Waals surface area contributed by atoms with Crippen molar-refractivity contribution in [1.82, 2.24) is 4.90 Å². The number of carbonyl (C=O) groups is 2. The molecule has 2 aromatic carbocycles. The summed E-state index contributed by atoms with van der Waals surface area (Å²) in [7, 11) is 1.86. The van der Waals surface area contributed by atoms with Gasteiger partial charge in [0, 0.05) is 43.1 Å². The maximum atomic E-state index is 12.9. The van der Waals surface area contributed by atoms with E-state index in [1.807, 2.05) is 55.3 Å². The van der Waals surface area contributed by atoms with Gasteiger partial charge in [-0.15, -0.1) is 0 Å². The first-order valence-electron chi connectivity index (χ1n) is 12.0. The minimum atomic E-state index is -0.161. The summed E-state index contributed by atoms with van der Waals surface area (Å²) in [6, 6.07) is 14.1. The molecule has 2 amide bonds. The Labute approximate surface area is 195 Å². The summed E-state index contributed by atoms with van der Waals surface area (Å²) in [5.74, 6) is 0.197. The molecule has 2 heterocycles. The minimum absolute atomic E-state index is 0.0486. The lowest BCUT2D eigenvalue weighted by atomic mass is 10.0. The molecule has 1 saturated heterocycles. The molecular formula is C26H32N4O3. The lowest BCUT2D eigenvalue weighted by Gasteiger charge is -2.43. The SMILES string of the molecule is C[C@@H]1C(=O)N(C)c2ccc(Nc3ccc(C(=O)N4CCOCC4)cc3)cc2N1C1CCCC1. The van der Waals surface area contributed by atoms with Crippen LogP contribution >= 0.6 is 0 Å². The number of likely N-dealkylation sites (N-methyl/N-ethyl adjacent to an activating group) is 1. The molecule has 2 aliphatic heterocycles. The number of morpholine rings is 1. The zero-order valence-electron chi connectivity index (χ0n) is 19.4. The summed E-state index contributed by atoms with van der Waals surface area (Å²) in [5.41, 5.74) is 4.66. The quantitative estimate of drug-likeness (QED) is 0.766. The Hall–Kier alpha value is -3.06. The van der Waals surface area contributed by atoms with Crippen molar-refractivity contribution >= 4 is 34.6 Å². The molecule has 0 aromatic heterocycles. The van der Waals surface area contributed by atoms with Gasteiger partial charge in [-0.25, -0.2) is 0 Å². The molecule has 33 heavy (non-hydrogen) atoms. The van der Waals surface area contributed by atoms with Crippen LogP contribution in [0.2, 0.25) is 0 Å². The van der Waals surface area contributed by atoms with Crippen molar-refractivity contribution in [2.75, 3.05) is 48.5 Å². The molecule has 5 rings (SSSR count). The number of nitrogens with zero attached hydrogens (tertiary/aromatic N) is 3. The number of amides is 2. The molecule has 1 saturated carbocycles. The van der Waals surface area contributed by atoms with Crippen LogP contribution in [0.4, 0.5) is 22.7 Å². The summed E-state index contributed by atoms with van der Waals surface area (Å²) in [5, 5.41) is 3.48. The van der Waals surface area contributed by atoms with E-state index in [0.717, 1.165) is 35.6 Å². The van der Waals surface area contributed by atoms with E-state index in [-0.39, 0.29) is 17.9 Å². The summed E-state index contributed by atoms with van der Waals surface area (Å²) < 4.78 is 5.34. The number of hydrogen-bond acceptors (Lipinski definition) is 5. The Morgan fingerprint density at radius 3 is 2.33 bits per heavy atom. The molecule has 0 bridgehead atoms. The van der Waals surface area contributed by atoms with Crippen LogP contribution in [0.5, 0.6) is 0 Å². The van der Waals surface area contributed by atoms with E-state index in [1.165, 1.54) is 12.8 Å². The molecule has 1 atom stereocenters. The largest absolute Gasteiger partial charge is 0.378 e. The fourth-order valence-electron chi connectivity index (χ4n) is 5.33. The van der Waals surface area contributed by atoms with Crippen LogP contribution in [0.1, 0.15) is 43.0 Å². The van der Waals surface area contributed by atoms with Gasteiger partial charge >= 0.3 is 0 Å². The molecule has 0 unspecified atom stereocenters. The smallest absolute Gasteiger partial charge is 0.254 e. The van der Waals surface area contributed by atoms with Crippen molar-refractivity contribution in [3.63, 3.8) is 0 Å². The molecule has 1 aliphatic carbocycles. The van der Waals surface area contributed by atoms with E-state index in [1.54, 1.807) is 4.90 Å². The second kappa shape index (κ2) is 9.06. The standard InChI is InChI=1S/C26H32N4O3/c1-18-25(31)28(2)23-12-11-21(17-24(23)30(18)22-5-3-4-6-22)27-20-9-7-19(8-10-20)26(32)29-13-15-33-16-14-29/h7-12,17-18,22,27H,3-6,13-16H2,1-2H3/t18-/m1/s1. The zero-order chi connectivity index (χ0) is 22.9. The first-order valence-corrected chi connectivity index (χ1v) is 12.0. The van der Waals surface area contributed by atoms with Gasteiger partial charge in [-0.05, 0) is 62.2 Å². The molecule has 0 radical (unpaired) electrons. The van der Waals surface area contributed by atoms with E-state index in [4.69, 9.17) is 4.74 Å². The third-order valence-electron chi connectivity index (χ3n) is 7.16. The van der Waals surface area contributed by atoms with E-state index >= 15 is 0 Å². The van der Waals surface area contributed by atoms with Crippen molar-refractivity contribution in [3.8, 4) is 0 Å². The third-order valence-corrected chi connectivity index (χ3v) is 7.16. The van der Waals surface area contributed by atoms with Crippen LogP contribution in [0, 0.1) is 0 Å². The highest BCUT2D eigenvalue weighted by Crippen LogP contribution is 2.42. The van der Waals surface area contributed by atoms with Crippen LogP contribution in [0.15, 0.2) is 42.5 Å². The van der Waals surface area contributed by atoms with Crippen LogP contribution in [0.3, 0.4) is 0 Å². The predicted octanol–water partition coefficient (Wildman–Crippen LogP) is 4.02. The number of benzene rings is 2. The number of rotatable bonds is 4. The predicted molar refractivity (Wildman–Crippen MR) is 130 cm³/mol. The molecule has 7 nitrogen and oxygen atoms in total. The van der Waals surface area contributed by atoms with Crippen molar-refractivity contribution < 1.29 is 14.3 Å². The lowest BCUT2D eigenvalue weighted by Crippen LogP contribution is -2.54. The molecule has 7 heteroatoms. The Morgan fingerprint density at radius 1 is 0.970 bits per heavy atom. The highest BCUT2D eigenvalue weighted by molar-refractivity contribution is 6.05. The summed E-state index contributed by atoms with van der Waals surface area (Å²) in [6.07, 6.45) is 4.72. The van der Waals surface area contributed by atoms with Gasteiger partial charge in [0.25, 0.3) is 5.91 Å². The zero-order valence-corrected chi connectivity index (χ0v) is 19.4. The first-order chi connectivity index (χ1) is 16.0. The Morgan fingerprint density at radius 2 is 1.64 bits per heavy atom. The number of ether oxygens (including phenoxy) is 1. The molecule has 0 spiro atoms. The maximum Gasteiger partial charge on any atom is 0.254 e. The molecule has 2 fully saturated rings. The topological polar surface area (TPSA) is 65.1 Å². The summed E-state index contributed by atoms with van der Waals surface area (Å²) in [4.78, 5) is 31.5. The average molecular weight is 449 g/mol. The van der Waals surface area contributed by atoms with Crippen LogP contribution in [-0.2, 0) is 9.53 Å². The van der Waals surface area contributed by atoms with Gasteiger partial charge in [-0.2, -0.15) is 0 Å². The summed E-state index contributed by atoms with van der Waals surface area (Å²) in [6.45, 7) is 4.49. The minimum Gasteiger partial charge on any atom is -0.378 e. The van der Waals surface area contributed by atoms with E-state index < -0.39 is 0 Å². The van der Waals surface area contributed by atoms with E-state index in [9.17, 15) is 9.59 Å².